The van der Waals surface area contributed by atoms with E-state index in [0.717, 1.165) is 16.5 Å². The molecule has 7 nitrogen and oxygen atoms in total. The Balaban J connectivity index is 1.74. The van der Waals surface area contributed by atoms with Crippen molar-refractivity contribution in [2.24, 2.45) is 0 Å². The van der Waals surface area contributed by atoms with Crippen molar-refractivity contribution >= 4 is 43.9 Å². The molecular weight excluding hydrogens is 410 g/mol. The van der Waals surface area contributed by atoms with E-state index >= 15 is 0 Å². The summed E-state index contributed by atoms with van der Waals surface area (Å²) in [6.45, 7) is 0. The van der Waals surface area contributed by atoms with E-state index in [-0.39, 0.29) is 0 Å². The van der Waals surface area contributed by atoms with Crippen molar-refractivity contribution in [1.82, 2.24) is 15.0 Å². The Bertz CT molecular complexity index is 1320. The van der Waals surface area contributed by atoms with Gasteiger partial charge in [-0.1, -0.05) is 29.8 Å². The van der Waals surface area contributed by atoms with Crippen LogP contribution in [0.3, 0.4) is 0 Å². The first-order valence-corrected chi connectivity index (χ1v) is 11.0. The Morgan fingerprint density at radius 3 is 2.79 bits per heavy atom. The van der Waals surface area contributed by atoms with Crippen LogP contribution in [0.5, 0.6) is 5.75 Å². The number of ether oxygens (including phenoxy) is 1. The second kappa shape index (κ2) is 7.38. The molecule has 2 aromatic carbocycles. The summed E-state index contributed by atoms with van der Waals surface area (Å²) in [7, 11) is -1.34. The summed E-state index contributed by atoms with van der Waals surface area (Å²) < 4.78 is 25.1. The lowest BCUT2D eigenvalue weighted by molar-refractivity contribution is 0.415. The van der Waals surface area contributed by atoms with Gasteiger partial charge in [-0.05, 0) is 24.3 Å². The normalized spacial score (nSPS) is 13.2. The number of H-pyrrole nitrogens is 1. The predicted octanol–water partition coefficient (Wildman–Crippen LogP) is 5.07. The second-order valence-corrected chi connectivity index (χ2v) is 9.03. The van der Waals surface area contributed by atoms with E-state index in [9.17, 15) is 4.21 Å². The number of anilines is 2. The molecule has 1 atom stereocenters. The zero-order valence-corrected chi connectivity index (χ0v) is 17.3. The number of nitrogens with zero attached hydrogens (tertiary/aromatic N) is 2. The lowest BCUT2D eigenvalue weighted by atomic mass is 10.1. The summed E-state index contributed by atoms with van der Waals surface area (Å²) in [5, 5.41) is 4.55. The van der Waals surface area contributed by atoms with E-state index in [2.05, 4.69) is 20.3 Å². The molecular formula is C20H18ClN5O2S. The lowest BCUT2D eigenvalue weighted by Gasteiger charge is -2.13. The molecule has 0 saturated carbocycles. The van der Waals surface area contributed by atoms with Gasteiger partial charge in [0.05, 0.1) is 44.3 Å². The fourth-order valence-electron chi connectivity index (χ4n) is 3.02. The zero-order valence-electron chi connectivity index (χ0n) is 15.7. The Kier molecular flexibility index (Phi) is 4.89. The van der Waals surface area contributed by atoms with Crippen LogP contribution in [0.2, 0.25) is 5.02 Å². The van der Waals surface area contributed by atoms with Gasteiger partial charge < -0.3 is 15.0 Å². The molecule has 2 aromatic heterocycles. The van der Waals surface area contributed by atoms with E-state index in [1.165, 1.54) is 19.6 Å². The van der Waals surface area contributed by atoms with Gasteiger partial charge in [-0.25, -0.2) is 19.0 Å². The lowest BCUT2D eigenvalue weighted by Crippen LogP contribution is -2.02. The molecule has 0 aliphatic rings. The summed E-state index contributed by atoms with van der Waals surface area (Å²) in [4.78, 5) is 12.4. The topological polar surface area (TPSA) is 104 Å². The van der Waals surface area contributed by atoms with Crippen LogP contribution in [0.4, 0.5) is 11.6 Å². The Labute approximate surface area is 173 Å². The highest BCUT2D eigenvalue weighted by molar-refractivity contribution is 7.91. The largest absolute Gasteiger partial charge is 0.495 e. The van der Waals surface area contributed by atoms with Gasteiger partial charge in [-0.3, -0.25) is 0 Å². The molecule has 9 heteroatoms. The van der Waals surface area contributed by atoms with Crippen molar-refractivity contribution in [3.05, 3.63) is 59.9 Å². The SMILES string of the molecule is COc1cc(S(C)(=N)=O)ccc1Nc1ncc(Cl)c(-c2c[nH]c3ccccc23)n1. The Morgan fingerprint density at radius 2 is 2.03 bits per heavy atom. The summed E-state index contributed by atoms with van der Waals surface area (Å²) >= 11 is 6.38. The van der Waals surface area contributed by atoms with Crippen LogP contribution in [0.1, 0.15) is 0 Å². The Hall–Kier alpha value is -3.10. The predicted molar refractivity (Wildman–Crippen MR) is 116 cm³/mol. The van der Waals surface area contributed by atoms with E-state index in [4.69, 9.17) is 21.1 Å². The van der Waals surface area contributed by atoms with E-state index < -0.39 is 9.73 Å². The maximum Gasteiger partial charge on any atom is 0.227 e. The fourth-order valence-corrected chi connectivity index (χ4v) is 3.87. The third-order valence-corrected chi connectivity index (χ3v) is 5.89. The molecule has 0 aliphatic carbocycles. The van der Waals surface area contributed by atoms with E-state index in [0.29, 0.717) is 33.0 Å². The van der Waals surface area contributed by atoms with Crippen LogP contribution in [0.15, 0.2) is 59.8 Å². The van der Waals surface area contributed by atoms with Gasteiger partial charge in [-0.15, -0.1) is 0 Å². The number of aromatic nitrogens is 3. The van der Waals surface area contributed by atoms with Gasteiger partial charge in [0.15, 0.2) is 0 Å². The number of fused-ring (bicyclic) bond motifs is 1. The third-order valence-electron chi connectivity index (χ3n) is 4.46. The molecule has 0 amide bonds. The Morgan fingerprint density at radius 1 is 1.24 bits per heavy atom. The fraction of sp³-hybridized carbons (Fsp3) is 0.100. The number of hydrogen-bond donors (Lipinski definition) is 3. The van der Waals surface area contributed by atoms with Crippen LogP contribution in [0.25, 0.3) is 22.2 Å². The standard InChI is InChI=1S/C20H18ClN5O2S/c1-28-18-9-12(29(2,22)27)7-8-17(18)25-20-24-11-15(21)19(26-20)14-10-23-16-6-4-3-5-13(14)16/h3-11,22-23H,1-2H3,(H,24,25,26). The monoisotopic (exact) mass is 427 g/mol. The molecule has 148 valence electrons. The number of methoxy groups -OCH3 is 1. The van der Waals surface area contributed by atoms with Crippen molar-refractivity contribution in [1.29, 1.82) is 4.78 Å². The molecule has 0 fully saturated rings. The second-order valence-electron chi connectivity index (χ2n) is 6.47. The highest BCUT2D eigenvalue weighted by Crippen LogP contribution is 2.34. The molecule has 0 bridgehead atoms. The summed E-state index contributed by atoms with van der Waals surface area (Å²) in [6, 6.07) is 12.8. The molecule has 1 unspecified atom stereocenters. The number of nitrogens with one attached hydrogen (secondary N) is 3. The molecule has 4 rings (SSSR count). The number of hydrogen-bond acceptors (Lipinski definition) is 6. The quantitative estimate of drug-likeness (QED) is 0.412. The van der Waals surface area contributed by atoms with Gasteiger partial charge in [0.2, 0.25) is 5.95 Å². The van der Waals surface area contributed by atoms with Crippen molar-refractivity contribution in [3.63, 3.8) is 0 Å². The van der Waals surface area contributed by atoms with Crippen LogP contribution in [-0.2, 0) is 9.73 Å². The molecule has 4 aromatic rings. The first-order valence-electron chi connectivity index (χ1n) is 8.64. The average molecular weight is 428 g/mol. The number of aromatic amines is 1. The van der Waals surface area contributed by atoms with Crippen molar-refractivity contribution in [2.45, 2.75) is 4.90 Å². The number of benzene rings is 2. The highest BCUT2D eigenvalue weighted by Gasteiger charge is 2.15. The number of halogens is 1. The average Bonchev–Trinajstić information content (AvgIpc) is 3.13. The minimum absolute atomic E-state index is 0.337. The highest BCUT2D eigenvalue weighted by atomic mass is 35.5. The summed E-state index contributed by atoms with van der Waals surface area (Å²) in [6.07, 6.45) is 4.77. The molecule has 29 heavy (non-hydrogen) atoms. The minimum atomic E-state index is -2.85. The maximum atomic E-state index is 12.0. The van der Waals surface area contributed by atoms with Gasteiger partial charge in [0.25, 0.3) is 0 Å². The van der Waals surface area contributed by atoms with Crippen LogP contribution in [0, 0.1) is 4.78 Å². The smallest absolute Gasteiger partial charge is 0.227 e. The van der Waals surface area contributed by atoms with Crippen LogP contribution in [-0.4, -0.2) is 32.5 Å². The van der Waals surface area contributed by atoms with E-state index in [1.807, 2.05) is 30.5 Å². The van der Waals surface area contributed by atoms with Crippen molar-refractivity contribution in [3.8, 4) is 17.0 Å². The van der Waals surface area contributed by atoms with Gasteiger partial charge >= 0.3 is 0 Å². The van der Waals surface area contributed by atoms with Gasteiger partial charge in [-0.2, -0.15) is 0 Å². The molecule has 3 N–H and O–H groups in total. The number of rotatable bonds is 5. The number of para-hydroxylation sites is 1. The summed E-state index contributed by atoms with van der Waals surface area (Å²) in [5.41, 5.74) is 3.05. The third kappa shape index (κ3) is 3.76. The summed E-state index contributed by atoms with van der Waals surface area (Å²) in [5.74, 6) is 0.778. The molecule has 0 radical (unpaired) electrons. The van der Waals surface area contributed by atoms with Gasteiger partial charge in [0, 0.05) is 28.9 Å². The first-order chi connectivity index (χ1) is 13.9. The first kappa shape index (κ1) is 19.2. The maximum absolute atomic E-state index is 12.0. The molecule has 0 aliphatic heterocycles. The van der Waals surface area contributed by atoms with Crippen LogP contribution >= 0.6 is 11.6 Å². The van der Waals surface area contributed by atoms with E-state index in [1.54, 1.807) is 18.2 Å². The molecule has 0 saturated heterocycles. The van der Waals surface area contributed by atoms with Crippen molar-refractivity contribution in [2.75, 3.05) is 18.7 Å². The van der Waals surface area contributed by atoms with Gasteiger partial charge in [0.1, 0.15) is 5.75 Å². The zero-order chi connectivity index (χ0) is 20.6. The molecule has 0 spiro atoms. The minimum Gasteiger partial charge on any atom is -0.495 e. The van der Waals surface area contributed by atoms with Crippen molar-refractivity contribution < 1.29 is 8.95 Å². The molecule has 2 heterocycles. The van der Waals surface area contributed by atoms with Crippen LogP contribution < -0.4 is 10.1 Å².